The van der Waals surface area contributed by atoms with Crippen molar-refractivity contribution < 1.29 is 4.79 Å². The first-order valence-corrected chi connectivity index (χ1v) is 7.39. The number of nitrogens with one attached hydrogen (secondary N) is 1. The number of benzene rings is 1. The number of hydrogen-bond donors (Lipinski definition) is 1. The van der Waals surface area contributed by atoms with E-state index in [1.54, 1.807) is 0 Å². The molecule has 0 spiro atoms. The molecule has 6 heteroatoms. The predicted molar refractivity (Wildman–Crippen MR) is 82.2 cm³/mol. The van der Waals surface area contributed by atoms with Crippen LogP contribution in [-0.2, 0) is 11.2 Å². The zero-order valence-electron chi connectivity index (χ0n) is 11.7. The number of rotatable bonds is 6. The van der Waals surface area contributed by atoms with Crippen LogP contribution in [-0.4, -0.2) is 29.7 Å². The lowest BCUT2D eigenvalue weighted by atomic mass is 10.3. The van der Waals surface area contributed by atoms with Gasteiger partial charge in [0.25, 0.3) is 0 Å². The molecule has 0 saturated heterocycles. The SMILES string of the molecule is CCCc1nnc(NC(=O)CN(C)c2ccccc2)s1. The summed E-state index contributed by atoms with van der Waals surface area (Å²) >= 11 is 1.44. The van der Waals surface area contributed by atoms with Crippen LogP contribution in [0.4, 0.5) is 10.8 Å². The van der Waals surface area contributed by atoms with Crippen molar-refractivity contribution in [3.05, 3.63) is 35.3 Å². The van der Waals surface area contributed by atoms with Crippen molar-refractivity contribution in [3.8, 4) is 0 Å². The summed E-state index contributed by atoms with van der Waals surface area (Å²) in [5.41, 5.74) is 1.01. The average molecular weight is 290 g/mol. The van der Waals surface area contributed by atoms with E-state index in [0.29, 0.717) is 5.13 Å². The van der Waals surface area contributed by atoms with Crippen LogP contribution < -0.4 is 10.2 Å². The van der Waals surface area contributed by atoms with Crippen molar-refractivity contribution >= 4 is 28.1 Å². The summed E-state index contributed by atoms with van der Waals surface area (Å²) in [6.45, 7) is 2.38. The van der Waals surface area contributed by atoms with Crippen molar-refractivity contribution in [2.24, 2.45) is 0 Å². The molecule has 1 N–H and O–H groups in total. The van der Waals surface area contributed by atoms with Gasteiger partial charge in [-0.05, 0) is 18.6 Å². The second-order valence-electron chi connectivity index (χ2n) is 4.49. The first-order chi connectivity index (χ1) is 9.69. The average Bonchev–Trinajstić information content (AvgIpc) is 2.87. The molecule has 5 nitrogen and oxygen atoms in total. The van der Waals surface area contributed by atoms with E-state index in [0.717, 1.165) is 23.5 Å². The molecule has 0 saturated carbocycles. The first kappa shape index (κ1) is 14.5. The molecular formula is C14H18N4OS. The van der Waals surface area contributed by atoms with Crippen LogP contribution in [0, 0.1) is 0 Å². The zero-order chi connectivity index (χ0) is 14.4. The molecule has 20 heavy (non-hydrogen) atoms. The van der Waals surface area contributed by atoms with Crippen LogP contribution in [0.5, 0.6) is 0 Å². The molecule has 0 bridgehead atoms. The van der Waals surface area contributed by atoms with Crippen molar-refractivity contribution in [2.75, 3.05) is 23.8 Å². The number of hydrogen-bond acceptors (Lipinski definition) is 5. The van der Waals surface area contributed by atoms with Gasteiger partial charge in [-0.15, -0.1) is 10.2 Å². The topological polar surface area (TPSA) is 58.1 Å². The van der Waals surface area contributed by atoms with Crippen LogP contribution in [0.3, 0.4) is 0 Å². The Bertz CT molecular complexity index is 555. The quantitative estimate of drug-likeness (QED) is 0.888. The van der Waals surface area contributed by atoms with Gasteiger partial charge in [-0.1, -0.05) is 36.5 Å². The van der Waals surface area contributed by atoms with Crippen LogP contribution >= 0.6 is 11.3 Å². The van der Waals surface area contributed by atoms with E-state index >= 15 is 0 Å². The number of anilines is 2. The minimum Gasteiger partial charge on any atom is -0.365 e. The lowest BCUT2D eigenvalue weighted by molar-refractivity contribution is -0.114. The van der Waals surface area contributed by atoms with Crippen LogP contribution in [0.15, 0.2) is 30.3 Å². The molecule has 106 valence electrons. The van der Waals surface area contributed by atoms with Crippen molar-refractivity contribution in [1.82, 2.24) is 10.2 Å². The fourth-order valence-electron chi connectivity index (χ4n) is 1.77. The Balaban J connectivity index is 1.88. The molecule has 0 aliphatic carbocycles. The van der Waals surface area contributed by atoms with Gasteiger partial charge in [0.1, 0.15) is 5.01 Å². The molecule has 1 heterocycles. The van der Waals surface area contributed by atoms with Gasteiger partial charge in [-0.25, -0.2) is 0 Å². The molecule has 0 aliphatic rings. The largest absolute Gasteiger partial charge is 0.365 e. The number of carbonyl (C=O) groups is 1. The highest BCUT2D eigenvalue weighted by atomic mass is 32.1. The molecule has 0 radical (unpaired) electrons. The highest BCUT2D eigenvalue weighted by Crippen LogP contribution is 2.17. The monoisotopic (exact) mass is 290 g/mol. The summed E-state index contributed by atoms with van der Waals surface area (Å²) in [5.74, 6) is -0.0875. The third kappa shape index (κ3) is 4.03. The summed E-state index contributed by atoms with van der Waals surface area (Å²) in [4.78, 5) is 13.8. The predicted octanol–water partition coefficient (Wildman–Crippen LogP) is 2.57. The Labute approximate surface area is 122 Å². The first-order valence-electron chi connectivity index (χ1n) is 6.57. The minimum absolute atomic E-state index is 0.0875. The summed E-state index contributed by atoms with van der Waals surface area (Å²) in [7, 11) is 1.89. The van der Waals surface area contributed by atoms with Gasteiger partial charge >= 0.3 is 0 Å². The van der Waals surface area contributed by atoms with Gasteiger partial charge in [0, 0.05) is 19.2 Å². The summed E-state index contributed by atoms with van der Waals surface area (Å²) < 4.78 is 0. The normalized spacial score (nSPS) is 10.3. The molecule has 1 aromatic carbocycles. The van der Waals surface area contributed by atoms with E-state index in [1.807, 2.05) is 42.3 Å². The van der Waals surface area contributed by atoms with Crippen molar-refractivity contribution in [2.45, 2.75) is 19.8 Å². The number of likely N-dealkylation sites (N-methyl/N-ethyl adjacent to an activating group) is 1. The maximum atomic E-state index is 11.9. The number of aromatic nitrogens is 2. The third-order valence-electron chi connectivity index (χ3n) is 2.75. The zero-order valence-corrected chi connectivity index (χ0v) is 12.5. The molecule has 2 rings (SSSR count). The van der Waals surface area contributed by atoms with Crippen molar-refractivity contribution in [1.29, 1.82) is 0 Å². The Morgan fingerprint density at radius 2 is 2.05 bits per heavy atom. The molecule has 0 fully saturated rings. The maximum absolute atomic E-state index is 11.9. The Morgan fingerprint density at radius 3 is 2.75 bits per heavy atom. The second kappa shape index (κ2) is 7.00. The van der Waals surface area contributed by atoms with E-state index in [2.05, 4.69) is 22.4 Å². The van der Waals surface area contributed by atoms with E-state index in [4.69, 9.17) is 0 Å². The standard InChI is InChI=1S/C14H18N4OS/c1-3-7-13-16-17-14(20-13)15-12(19)10-18(2)11-8-5-4-6-9-11/h4-6,8-9H,3,7,10H2,1-2H3,(H,15,17,19). The fraction of sp³-hybridized carbons (Fsp3) is 0.357. The molecule has 1 aromatic heterocycles. The van der Waals surface area contributed by atoms with E-state index in [9.17, 15) is 4.79 Å². The second-order valence-corrected chi connectivity index (χ2v) is 5.55. The van der Waals surface area contributed by atoms with Gasteiger partial charge in [-0.2, -0.15) is 0 Å². The number of aryl methyl sites for hydroxylation is 1. The smallest absolute Gasteiger partial charge is 0.245 e. The Morgan fingerprint density at radius 1 is 1.30 bits per heavy atom. The van der Waals surface area contributed by atoms with Gasteiger partial charge in [0.15, 0.2) is 0 Å². The van der Waals surface area contributed by atoms with Gasteiger partial charge < -0.3 is 4.90 Å². The Hall–Kier alpha value is -1.95. The van der Waals surface area contributed by atoms with E-state index in [-0.39, 0.29) is 12.5 Å². The summed E-state index contributed by atoms with van der Waals surface area (Å²) in [6, 6.07) is 9.79. The highest BCUT2D eigenvalue weighted by molar-refractivity contribution is 7.15. The number of nitrogens with zero attached hydrogens (tertiary/aromatic N) is 3. The minimum atomic E-state index is -0.0875. The Kier molecular flexibility index (Phi) is 5.06. The molecule has 0 aliphatic heterocycles. The van der Waals surface area contributed by atoms with E-state index < -0.39 is 0 Å². The van der Waals surface area contributed by atoms with E-state index in [1.165, 1.54) is 11.3 Å². The van der Waals surface area contributed by atoms with Gasteiger partial charge in [0.05, 0.1) is 6.54 Å². The van der Waals surface area contributed by atoms with Crippen LogP contribution in [0.2, 0.25) is 0 Å². The van der Waals surface area contributed by atoms with Crippen LogP contribution in [0.1, 0.15) is 18.4 Å². The molecule has 0 atom stereocenters. The fourth-order valence-corrected chi connectivity index (χ4v) is 2.62. The highest BCUT2D eigenvalue weighted by Gasteiger charge is 2.10. The summed E-state index contributed by atoms with van der Waals surface area (Å²) in [5, 5.41) is 12.3. The van der Waals surface area contributed by atoms with Gasteiger partial charge in [-0.3, -0.25) is 10.1 Å². The molecule has 0 unspecified atom stereocenters. The lowest BCUT2D eigenvalue weighted by Crippen LogP contribution is -2.29. The number of para-hydroxylation sites is 1. The van der Waals surface area contributed by atoms with Crippen molar-refractivity contribution in [3.63, 3.8) is 0 Å². The van der Waals surface area contributed by atoms with Crippen LogP contribution in [0.25, 0.3) is 0 Å². The number of carbonyl (C=O) groups excluding carboxylic acids is 1. The lowest BCUT2D eigenvalue weighted by Gasteiger charge is -2.17. The van der Waals surface area contributed by atoms with Gasteiger partial charge in [0.2, 0.25) is 11.0 Å². The third-order valence-corrected chi connectivity index (χ3v) is 3.65. The molecule has 2 aromatic rings. The molecular weight excluding hydrogens is 272 g/mol. The molecule has 1 amide bonds. The maximum Gasteiger partial charge on any atom is 0.245 e. The summed E-state index contributed by atoms with van der Waals surface area (Å²) in [6.07, 6.45) is 1.93. The number of amides is 1.